The van der Waals surface area contributed by atoms with Crippen molar-refractivity contribution in [2.45, 2.75) is 118 Å². The molecule has 0 rings (SSSR count). The minimum atomic E-state index is -1.45. The summed E-state index contributed by atoms with van der Waals surface area (Å²) in [6.07, 6.45) is -1.09. The van der Waals surface area contributed by atoms with Crippen LogP contribution >= 0.6 is 0 Å². The lowest BCUT2D eigenvalue weighted by Crippen LogP contribution is -2.48. The SMILES string of the molecule is C[C@@H](NC(=O)OC(C)(C)C)C(C)(C)F.C[C@@H](NC(=O)OC(C)(C)C)C(C)(C)O. The van der Waals surface area contributed by atoms with Crippen LogP contribution in [0.4, 0.5) is 14.0 Å². The molecule has 0 aliphatic carbocycles. The molecule has 0 radical (unpaired) electrons. The lowest BCUT2D eigenvalue weighted by molar-refractivity contribution is 0.0213. The molecule has 0 aromatic rings. The third-order valence-corrected chi connectivity index (χ3v) is 3.56. The van der Waals surface area contributed by atoms with Crippen LogP contribution in [0.2, 0.25) is 0 Å². The second kappa shape index (κ2) is 10.3. The van der Waals surface area contributed by atoms with Gasteiger partial charge in [-0.05, 0) is 83.1 Å². The molecule has 0 bridgehead atoms. The van der Waals surface area contributed by atoms with Crippen molar-refractivity contribution in [3.05, 3.63) is 0 Å². The first-order valence-electron chi connectivity index (χ1n) is 9.45. The lowest BCUT2D eigenvalue weighted by Gasteiger charge is -2.28. The van der Waals surface area contributed by atoms with E-state index in [0.29, 0.717) is 0 Å². The fourth-order valence-electron chi connectivity index (χ4n) is 1.32. The van der Waals surface area contributed by atoms with Crippen molar-refractivity contribution in [3.63, 3.8) is 0 Å². The maximum atomic E-state index is 13.3. The number of halogens is 1. The van der Waals surface area contributed by atoms with E-state index in [4.69, 9.17) is 9.47 Å². The maximum absolute atomic E-state index is 13.3. The Hall–Kier alpha value is -1.57. The highest BCUT2D eigenvalue weighted by Crippen LogP contribution is 2.15. The largest absolute Gasteiger partial charge is 0.444 e. The van der Waals surface area contributed by atoms with Crippen molar-refractivity contribution >= 4 is 12.2 Å². The molecule has 0 heterocycles. The molecule has 0 aromatic heterocycles. The monoisotopic (exact) mass is 408 g/mol. The number of alkyl carbamates (subject to hydrolysis) is 2. The lowest BCUT2D eigenvalue weighted by atomic mass is 10.0. The molecule has 7 nitrogen and oxygen atoms in total. The number of carbonyl (C=O) groups excluding carboxylic acids is 2. The highest BCUT2D eigenvalue weighted by atomic mass is 19.1. The van der Waals surface area contributed by atoms with Crippen LogP contribution in [0.5, 0.6) is 0 Å². The molecular weight excluding hydrogens is 367 g/mol. The van der Waals surface area contributed by atoms with Gasteiger partial charge < -0.3 is 25.2 Å². The van der Waals surface area contributed by atoms with E-state index < -0.39 is 40.7 Å². The van der Waals surface area contributed by atoms with Gasteiger partial charge in [-0.3, -0.25) is 0 Å². The molecule has 8 heteroatoms. The van der Waals surface area contributed by atoms with E-state index in [1.165, 1.54) is 13.8 Å². The minimum Gasteiger partial charge on any atom is -0.444 e. The Labute approximate surface area is 169 Å². The predicted molar refractivity (Wildman–Crippen MR) is 109 cm³/mol. The Balaban J connectivity index is 0. The summed E-state index contributed by atoms with van der Waals surface area (Å²) in [4.78, 5) is 22.5. The second-order valence-electron chi connectivity index (χ2n) is 9.95. The first-order valence-corrected chi connectivity index (χ1v) is 9.45. The topological polar surface area (TPSA) is 96.9 Å². The molecule has 0 aliphatic rings. The zero-order valence-electron chi connectivity index (χ0n) is 19.6. The van der Waals surface area contributed by atoms with E-state index in [9.17, 15) is 19.1 Å². The Morgan fingerprint density at radius 2 is 1.04 bits per heavy atom. The first kappa shape index (κ1) is 28.6. The highest BCUT2D eigenvalue weighted by molar-refractivity contribution is 5.68. The normalized spacial score (nSPS) is 14.8. The van der Waals surface area contributed by atoms with Crippen molar-refractivity contribution in [3.8, 4) is 0 Å². The van der Waals surface area contributed by atoms with Crippen LogP contribution in [0.15, 0.2) is 0 Å². The Kier molecular flexibility index (Phi) is 10.5. The number of nitrogens with one attached hydrogen (secondary N) is 2. The molecule has 0 aromatic carbocycles. The van der Waals surface area contributed by atoms with Crippen LogP contribution < -0.4 is 10.6 Å². The summed E-state index contributed by atoms with van der Waals surface area (Å²) in [5.41, 5.74) is -3.46. The average molecular weight is 409 g/mol. The van der Waals surface area contributed by atoms with Gasteiger partial charge in [0.2, 0.25) is 0 Å². The number of amides is 2. The van der Waals surface area contributed by atoms with Gasteiger partial charge >= 0.3 is 12.2 Å². The summed E-state index contributed by atoms with van der Waals surface area (Å²) in [6, 6.07) is -0.922. The first-order chi connectivity index (χ1) is 12.0. The van der Waals surface area contributed by atoms with Gasteiger partial charge in [-0.25, -0.2) is 14.0 Å². The standard InChI is InChI=1S/C10H20FNO2.C10H21NO3/c1-7(10(5,6)11)12-8(13)14-9(2,3)4;1-7(10(5,6)13)11-8(12)14-9(2,3)4/h7H,1-6H3,(H,12,13);7,13H,1-6H3,(H,11,12)/t2*7-/m11/s1. The van der Waals surface area contributed by atoms with Crippen molar-refractivity contribution in [1.82, 2.24) is 10.6 Å². The van der Waals surface area contributed by atoms with E-state index >= 15 is 0 Å². The van der Waals surface area contributed by atoms with Crippen LogP contribution in [0.25, 0.3) is 0 Å². The van der Waals surface area contributed by atoms with Crippen LogP contribution in [0.1, 0.15) is 83.1 Å². The van der Waals surface area contributed by atoms with Gasteiger partial charge in [0.25, 0.3) is 0 Å². The van der Waals surface area contributed by atoms with Gasteiger partial charge in [-0.15, -0.1) is 0 Å². The summed E-state index contributed by atoms with van der Waals surface area (Å²) >= 11 is 0. The van der Waals surface area contributed by atoms with Crippen LogP contribution in [-0.4, -0.2) is 51.8 Å². The van der Waals surface area contributed by atoms with Gasteiger partial charge in [-0.1, -0.05) is 0 Å². The number of ether oxygens (including phenoxy) is 2. The minimum absolute atomic E-state index is 0.350. The summed E-state index contributed by atoms with van der Waals surface area (Å²) < 4.78 is 23.3. The molecule has 28 heavy (non-hydrogen) atoms. The molecular formula is C20H41FN2O5. The van der Waals surface area contributed by atoms with E-state index in [-0.39, 0.29) is 6.04 Å². The Bertz CT molecular complexity index is 451. The molecule has 0 saturated carbocycles. The number of carbonyl (C=O) groups is 2. The second-order valence-corrected chi connectivity index (χ2v) is 9.95. The molecule has 2 atom stereocenters. The number of aliphatic hydroxyl groups is 1. The van der Waals surface area contributed by atoms with Gasteiger partial charge in [0, 0.05) is 0 Å². The van der Waals surface area contributed by atoms with Crippen molar-refractivity contribution in [1.29, 1.82) is 0 Å². The van der Waals surface area contributed by atoms with Gasteiger partial charge in [0.15, 0.2) is 0 Å². The smallest absolute Gasteiger partial charge is 0.407 e. The molecule has 0 saturated heterocycles. The molecule has 2 amide bonds. The highest BCUT2D eigenvalue weighted by Gasteiger charge is 2.28. The third kappa shape index (κ3) is 16.6. The zero-order chi connectivity index (χ0) is 23.1. The Morgan fingerprint density at radius 3 is 1.25 bits per heavy atom. The molecule has 168 valence electrons. The molecule has 0 unspecified atom stereocenters. The predicted octanol–water partition coefficient (Wildman–Crippen LogP) is 4.32. The van der Waals surface area contributed by atoms with Gasteiger partial charge in [0.1, 0.15) is 16.9 Å². The quantitative estimate of drug-likeness (QED) is 0.644. The summed E-state index contributed by atoms with van der Waals surface area (Å²) in [5, 5.41) is 14.6. The zero-order valence-corrected chi connectivity index (χ0v) is 19.6. The van der Waals surface area contributed by atoms with Crippen molar-refractivity contribution in [2.24, 2.45) is 0 Å². The fourth-order valence-corrected chi connectivity index (χ4v) is 1.32. The molecule has 0 aliphatic heterocycles. The number of rotatable bonds is 4. The third-order valence-electron chi connectivity index (χ3n) is 3.56. The van der Waals surface area contributed by atoms with E-state index in [0.717, 1.165) is 0 Å². The molecule has 0 spiro atoms. The summed E-state index contributed by atoms with van der Waals surface area (Å²) in [7, 11) is 0. The Morgan fingerprint density at radius 1 is 0.750 bits per heavy atom. The van der Waals surface area contributed by atoms with E-state index in [2.05, 4.69) is 10.6 Å². The van der Waals surface area contributed by atoms with E-state index in [1.807, 2.05) is 0 Å². The van der Waals surface area contributed by atoms with Crippen molar-refractivity contribution in [2.75, 3.05) is 0 Å². The number of hydrogen-bond acceptors (Lipinski definition) is 5. The van der Waals surface area contributed by atoms with Crippen LogP contribution in [0.3, 0.4) is 0 Å². The van der Waals surface area contributed by atoms with Crippen LogP contribution in [-0.2, 0) is 9.47 Å². The van der Waals surface area contributed by atoms with Gasteiger partial charge in [0.05, 0.1) is 17.7 Å². The molecule has 0 fully saturated rings. The summed E-state index contributed by atoms with van der Waals surface area (Å²) in [5.74, 6) is 0. The van der Waals surface area contributed by atoms with E-state index in [1.54, 1.807) is 69.2 Å². The maximum Gasteiger partial charge on any atom is 0.407 e. The van der Waals surface area contributed by atoms with Crippen molar-refractivity contribution < 1.29 is 28.6 Å². The van der Waals surface area contributed by atoms with Gasteiger partial charge in [-0.2, -0.15) is 0 Å². The van der Waals surface area contributed by atoms with Crippen LogP contribution in [0, 0.1) is 0 Å². The fraction of sp³-hybridized carbons (Fsp3) is 0.900. The number of hydrogen-bond donors (Lipinski definition) is 3. The number of alkyl halides is 1. The summed E-state index contributed by atoms with van der Waals surface area (Å²) in [6.45, 7) is 20.1. The molecule has 3 N–H and O–H groups in total. The average Bonchev–Trinajstić information content (AvgIpc) is 2.31.